The smallest absolute Gasteiger partial charge is 0.239 e. The number of imide groups is 1. The number of amides is 2. The van der Waals surface area contributed by atoms with Gasteiger partial charge in [-0.25, -0.2) is 9.29 Å². The van der Waals surface area contributed by atoms with Crippen molar-refractivity contribution in [2.24, 2.45) is 11.8 Å². The zero-order valence-corrected chi connectivity index (χ0v) is 26.3. The minimum absolute atomic E-state index is 0.0495. The molecule has 10 rings (SSSR count). The molecular weight excluding hydrogens is 637 g/mol. The fourth-order valence-electron chi connectivity index (χ4n) is 9.07. The van der Waals surface area contributed by atoms with Crippen LogP contribution in [0.4, 0.5) is 10.1 Å². The van der Waals surface area contributed by atoms with Crippen LogP contribution in [-0.2, 0) is 25.2 Å². The first-order valence-corrected chi connectivity index (χ1v) is 16.3. The average Bonchev–Trinajstić information content (AvgIpc) is 3.96. The molecule has 0 spiro atoms. The van der Waals surface area contributed by atoms with Crippen molar-refractivity contribution in [3.05, 3.63) is 149 Å². The number of ketones is 1. The molecule has 244 valence electrons. The van der Waals surface area contributed by atoms with Gasteiger partial charge in [0.1, 0.15) is 5.82 Å². The molecule has 0 aromatic heterocycles. The molecule has 2 fully saturated rings. The molecular formula is C41H26FNO7. The Hall–Kier alpha value is -6.22. The van der Waals surface area contributed by atoms with E-state index in [9.17, 15) is 4.39 Å². The van der Waals surface area contributed by atoms with Crippen LogP contribution in [0.25, 0.3) is 11.1 Å². The van der Waals surface area contributed by atoms with Crippen LogP contribution in [0.1, 0.15) is 22.3 Å². The van der Waals surface area contributed by atoms with E-state index >= 15 is 14.4 Å². The highest BCUT2D eigenvalue weighted by Gasteiger charge is 2.82. The molecule has 4 atom stereocenters. The third-order valence-electron chi connectivity index (χ3n) is 10.9. The number of halogens is 1. The Balaban J connectivity index is 1.37. The van der Waals surface area contributed by atoms with Crippen LogP contribution in [0.3, 0.4) is 0 Å². The molecule has 1 saturated carbocycles. The van der Waals surface area contributed by atoms with E-state index in [1.807, 2.05) is 84.9 Å². The maximum atomic E-state index is 16.1. The van der Waals surface area contributed by atoms with Crippen molar-refractivity contribution in [2.75, 3.05) is 18.5 Å². The van der Waals surface area contributed by atoms with Crippen LogP contribution in [0, 0.1) is 17.7 Å². The van der Waals surface area contributed by atoms with Gasteiger partial charge in [0.05, 0.1) is 28.4 Å². The van der Waals surface area contributed by atoms with Gasteiger partial charge in [-0.1, -0.05) is 72.8 Å². The number of allylic oxidation sites excluding steroid dienone is 2. The van der Waals surface area contributed by atoms with Gasteiger partial charge < -0.3 is 18.9 Å². The standard InChI is InChI=1S/C41H26FNO7/c42-27-13-15-28(16-14-27)43-37(44)35-36(38(43)45)41(26-9-5-2-6-10-26)34(24-12-18-30-32(20-24)50-22-48-30)33(23-11-17-29-31(19-23)49-21-47-29)40(35,39(41)46)25-7-3-1-4-8-25/h1-20,35-36H,21-22H2/t35-,36+,40-,41-/m0/s1. The molecule has 2 bridgehead atoms. The number of benzene rings is 5. The fourth-order valence-corrected chi connectivity index (χ4v) is 9.07. The number of rotatable bonds is 5. The second kappa shape index (κ2) is 10.1. The third-order valence-corrected chi connectivity index (χ3v) is 10.9. The Morgan fingerprint density at radius 2 is 0.980 bits per heavy atom. The minimum Gasteiger partial charge on any atom is -0.454 e. The summed E-state index contributed by atoms with van der Waals surface area (Å²) in [5.41, 5.74) is 0.656. The van der Waals surface area contributed by atoms with Crippen LogP contribution in [0.5, 0.6) is 23.0 Å². The van der Waals surface area contributed by atoms with Crippen molar-refractivity contribution >= 4 is 34.4 Å². The highest BCUT2D eigenvalue weighted by molar-refractivity contribution is 6.39. The van der Waals surface area contributed by atoms with E-state index in [1.54, 1.807) is 12.1 Å². The van der Waals surface area contributed by atoms with Gasteiger partial charge in [-0.3, -0.25) is 14.4 Å². The van der Waals surface area contributed by atoms with Gasteiger partial charge >= 0.3 is 0 Å². The van der Waals surface area contributed by atoms with Crippen LogP contribution in [0.2, 0.25) is 0 Å². The Kier molecular flexibility index (Phi) is 5.84. The van der Waals surface area contributed by atoms with Gasteiger partial charge in [0.25, 0.3) is 0 Å². The van der Waals surface area contributed by atoms with Crippen LogP contribution < -0.4 is 23.8 Å². The number of Topliss-reactive ketones (excluding diaryl/α,β-unsaturated/α-hetero) is 1. The summed E-state index contributed by atoms with van der Waals surface area (Å²) in [7, 11) is 0. The van der Waals surface area contributed by atoms with Crippen molar-refractivity contribution in [2.45, 2.75) is 10.8 Å². The summed E-state index contributed by atoms with van der Waals surface area (Å²) < 4.78 is 37.1. The lowest BCUT2D eigenvalue weighted by Crippen LogP contribution is -2.45. The van der Waals surface area contributed by atoms with Gasteiger partial charge in [0.2, 0.25) is 25.4 Å². The molecule has 3 aliphatic heterocycles. The number of fused-ring (bicyclic) bond motifs is 7. The van der Waals surface area contributed by atoms with Crippen LogP contribution >= 0.6 is 0 Å². The number of nitrogens with zero attached hydrogens (tertiary/aromatic N) is 1. The lowest BCUT2D eigenvalue weighted by Gasteiger charge is -2.39. The SMILES string of the molecule is O=C1[C@@H]2[C@H](C(=O)N1c1ccc(F)cc1)[C@@]1(c3ccccc3)C(=O)[C@@]2(c2ccccc2)C(c2ccc3c(c2)OCO3)=C1c1ccc2c(c1)OCO2. The number of carbonyl (C=O) groups excluding carboxylic acids is 3. The van der Waals surface area contributed by atoms with E-state index in [4.69, 9.17) is 18.9 Å². The van der Waals surface area contributed by atoms with Crippen molar-refractivity contribution in [3.63, 3.8) is 0 Å². The molecule has 0 unspecified atom stereocenters. The van der Waals surface area contributed by atoms with Crippen molar-refractivity contribution in [3.8, 4) is 23.0 Å². The number of hydrogen-bond acceptors (Lipinski definition) is 7. The van der Waals surface area contributed by atoms with Gasteiger partial charge in [-0.15, -0.1) is 0 Å². The predicted octanol–water partition coefficient (Wildman–Crippen LogP) is 6.47. The van der Waals surface area contributed by atoms with Crippen LogP contribution in [-0.4, -0.2) is 31.2 Å². The van der Waals surface area contributed by atoms with E-state index in [2.05, 4.69) is 0 Å². The summed E-state index contributed by atoms with van der Waals surface area (Å²) in [6.07, 6.45) is 0. The molecule has 9 heteroatoms. The highest BCUT2D eigenvalue weighted by atomic mass is 19.1. The van der Waals surface area contributed by atoms with E-state index in [1.165, 1.54) is 24.3 Å². The molecule has 2 amide bonds. The molecule has 5 aromatic rings. The third kappa shape index (κ3) is 3.46. The Labute approximate surface area is 285 Å². The summed E-state index contributed by atoms with van der Waals surface area (Å²) in [4.78, 5) is 47.4. The molecule has 0 N–H and O–H groups in total. The number of carbonyl (C=O) groups is 3. The quantitative estimate of drug-likeness (QED) is 0.199. The largest absolute Gasteiger partial charge is 0.454 e. The molecule has 2 aliphatic carbocycles. The van der Waals surface area contributed by atoms with Gasteiger partial charge in [-0.2, -0.15) is 0 Å². The van der Waals surface area contributed by atoms with Crippen LogP contribution in [0.15, 0.2) is 121 Å². The predicted molar refractivity (Wildman–Crippen MR) is 179 cm³/mol. The van der Waals surface area contributed by atoms with E-state index < -0.39 is 40.3 Å². The maximum absolute atomic E-state index is 16.1. The zero-order chi connectivity index (χ0) is 33.8. The molecule has 5 aliphatic rings. The molecule has 0 radical (unpaired) electrons. The summed E-state index contributed by atoms with van der Waals surface area (Å²) in [5, 5.41) is 0. The van der Waals surface area contributed by atoms with E-state index in [-0.39, 0.29) is 25.1 Å². The highest BCUT2D eigenvalue weighted by Crippen LogP contribution is 2.74. The second-order valence-electron chi connectivity index (χ2n) is 13.0. The average molecular weight is 664 g/mol. The summed E-state index contributed by atoms with van der Waals surface area (Å²) in [5.74, 6) is -1.94. The minimum atomic E-state index is -1.62. The first-order valence-electron chi connectivity index (χ1n) is 16.3. The maximum Gasteiger partial charge on any atom is 0.239 e. The summed E-state index contributed by atoms with van der Waals surface area (Å²) >= 11 is 0. The monoisotopic (exact) mass is 663 g/mol. The normalized spacial score (nSPS) is 25.5. The van der Waals surface area contributed by atoms with Crippen molar-refractivity contribution < 1.29 is 37.7 Å². The molecule has 1 saturated heterocycles. The molecule has 3 heterocycles. The first kappa shape index (κ1) is 28.8. The first-order chi connectivity index (χ1) is 24.5. The lowest BCUT2D eigenvalue weighted by atomic mass is 9.59. The van der Waals surface area contributed by atoms with E-state index in [0.29, 0.717) is 56.4 Å². The number of ether oxygens (including phenoxy) is 4. The number of anilines is 1. The van der Waals surface area contributed by atoms with Crippen molar-refractivity contribution in [1.29, 1.82) is 0 Å². The van der Waals surface area contributed by atoms with E-state index in [0.717, 1.165) is 4.90 Å². The molecule has 50 heavy (non-hydrogen) atoms. The van der Waals surface area contributed by atoms with Gasteiger partial charge in [-0.05, 0) is 81.9 Å². The van der Waals surface area contributed by atoms with Crippen molar-refractivity contribution in [1.82, 2.24) is 0 Å². The Bertz CT molecular complexity index is 2180. The summed E-state index contributed by atoms with van der Waals surface area (Å²) in [6, 6.07) is 34.8. The molecule has 5 aromatic carbocycles. The summed E-state index contributed by atoms with van der Waals surface area (Å²) in [6.45, 7) is 0.0990. The number of hydrogen-bond donors (Lipinski definition) is 0. The fraction of sp³-hybridized carbons (Fsp3) is 0.146. The lowest BCUT2D eigenvalue weighted by molar-refractivity contribution is -0.130. The Morgan fingerprint density at radius 3 is 1.44 bits per heavy atom. The van der Waals surface area contributed by atoms with Gasteiger partial charge in [0, 0.05) is 0 Å². The topological polar surface area (TPSA) is 91.4 Å². The Morgan fingerprint density at radius 1 is 0.540 bits per heavy atom. The molecule has 8 nitrogen and oxygen atoms in total. The van der Waals surface area contributed by atoms with Gasteiger partial charge in [0.15, 0.2) is 28.8 Å². The zero-order valence-electron chi connectivity index (χ0n) is 26.3. The second-order valence-corrected chi connectivity index (χ2v) is 13.0.